The van der Waals surface area contributed by atoms with E-state index in [9.17, 15) is 4.79 Å². The van der Waals surface area contributed by atoms with Crippen LogP contribution >= 0.6 is 0 Å². The van der Waals surface area contributed by atoms with E-state index in [1.165, 1.54) is 24.0 Å². The Bertz CT molecular complexity index is 654. The molecule has 1 amide bonds. The number of nitrogens with zero attached hydrogens (tertiary/aromatic N) is 1. The zero-order valence-electron chi connectivity index (χ0n) is 17.6. The lowest BCUT2D eigenvalue weighted by molar-refractivity contribution is 0.0224. The molecule has 0 saturated heterocycles. The fourth-order valence-electron chi connectivity index (χ4n) is 4.15. The van der Waals surface area contributed by atoms with Crippen LogP contribution in [0.25, 0.3) is 0 Å². The summed E-state index contributed by atoms with van der Waals surface area (Å²) in [6, 6.07) is 6.35. The van der Waals surface area contributed by atoms with E-state index < -0.39 is 5.60 Å². The number of carbonyl (C=O) groups is 1. The van der Waals surface area contributed by atoms with Gasteiger partial charge in [-0.3, -0.25) is 0 Å². The van der Waals surface area contributed by atoms with E-state index in [1.54, 1.807) is 4.90 Å². The molecular formula is C23H35NO3. The Morgan fingerprint density at radius 3 is 2.44 bits per heavy atom. The Morgan fingerprint density at radius 1 is 1.11 bits per heavy atom. The van der Waals surface area contributed by atoms with Crippen molar-refractivity contribution in [2.24, 2.45) is 11.8 Å². The Balaban J connectivity index is 1.57. The van der Waals surface area contributed by atoms with Crippen molar-refractivity contribution in [3.63, 3.8) is 0 Å². The van der Waals surface area contributed by atoms with Gasteiger partial charge in [-0.05, 0) is 88.0 Å². The number of ether oxygens (including phenoxy) is 2. The number of hydrogen-bond acceptors (Lipinski definition) is 3. The normalized spacial score (nSPS) is 23.1. The molecule has 1 heterocycles. The van der Waals surface area contributed by atoms with Crippen LogP contribution in [-0.2, 0) is 17.7 Å². The van der Waals surface area contributed by atoms with E-state index in [2.05, 4.69) is 32.0 Å². The first kappa shape index (κ1) is 20.0. The number of carbonyl (C=O) groups excluding carboxylic acids is 1. The molecule has 0 aromatic heterocycles. The van der Waals surface area contributed by atoms with E-state index in [0.717, 1.165) is 36.8 Å². The maximum atomic E-state index is 12.3. The van der Waals surface area contributed by atoms with Crippen LogP contribution in [0.15, 0.2) is 18.2 Å². The highest BCUT2D eigenvalue weighted by molar-refractivity contribution is 5.68. The van der Waals surface area contributed by atoms with Crippen LogP contribution < -0.4 is 4.74 Å². The second-order valence-electron chi connectivity index (χ2n) is 9.48. The molecule has 0 atom stereocenters. The van der Waals surface area contributed by atoms with Crippen molar-refractivity contribution in [3.05, 3.63) is 29.3 Å². The molecule has 4 heteroatoms. The summed E-state index contributed by atoms with van der Waals surface area (Å²) in [4.78, 5) is 14.1. The molecule has 1 fully saturated rings. The Labute approximate surface area is 164 Å². The topological polar surface area (TPSA) is 38.8 Å². The summed E-state index contributed by atoms with van der Waals surface area (Å²) in [5, 5.41) is 0. The molecule has 2 aliphatic rings. The van der Waals surface area contributed by atoms with Crippen molar-refractivity contribution < 1.29 is 14.3 Å². The van der Waals surface area contributed by atoms with Gasteiger partial charge in [-0.25, -0.2) is 4.79 Å². The lowest BCUT2D eigenvalue weighted by Gasteiger charge is -2.32. The quantitative estimate of drug-likeness (QED) is 0.695. The van der Waals surface area contributed by atoms with E-state index >= 15 is 0 Å². The van der Waals surface area contributed by atoms with Gasteiger partial charge in [0.05, 0.1) is 6.10 Å². The van der Waals surface area contributed by atoms with Gasteiger partial charge in [-0.15, -0.1) is 0 Å². The summed E-state index contributed by atoms with van der Waals surface area (Å²) in [5.41, 5.74) is 2.04. The minimum atomic E-state index is -0.455. The Kier molecular flexibility index (Phi) is 6.02. The summed E-state index contributed by atoms with van der Waals surface area (Å²) in [5.74, 6) is 2.61. The van der Waals surface area contributed by atoms with Crippen LogP contribution in [-0.4, -0.2) is 29.2 Å². The number of fused-ring (bicyclic) bond motifs is 1. The van der Waals surface area contributed by atoms with Crippen LogP contribution in [0.4, 0.5) is 4.79 Å². The molecule has 4 nitrogen and oxygen atoms in total. The second-order valence-corrected chi connectivity index (χ2v) is 9.48. The molecule has 150 valence electrons. The standard InChI is InChI=1S/C23H35NO3/c1-16(2)17-6-9-20(10-7-17)26-21-11-8-19-15-24(13-12-18(19)14-21)22(25)27-23(3,4)5/h8,11,14,16-17,20H,6-7,9-10,12-13,15H2,1-5H3/t17-,20-. The summed E-state index contributed by atoms with van der Waals surface area (Å²) in [7, 11) is 0. The van der Waals surface area contributed by atoms with Gasteiger partial charge < -0.3 is 14.4 Å². The molecule has 0 unspecified atom stereocenters. The monoisotopic (exact) mass is 373 g/mol. The average Bonchev–Trinajstić information content (AvgIpc) is 2.60. The maximum absolute atomic E-state index is 12.3. The van der Waals surface area contributed by atoms with Gasteiger partial charge in [0.1, 0.15) is 11.4 Å². The zero-order valence-corrected chi connectivity index (χ0v) is 17.6. The number of amides is 1. The van der Waals surface area contributed by atoms with Gasteiger partial charge in [0.15, 0.2) is 0 Å². The van der Waals surface area contributed by atoms with E-state index in [0.29, 0.717) is 19.2 Å². The SMILES string of the molecule is CC(C)[C@H]1CC[C@H](Oc2ccc3c(c2)CCN(C(=O)OC(C)(C)C)C3)CC1. The maximum Gasteiger partial charge on any atom is 0.410 e. The molecule has 0 radical (unpaired) electrons. The van der Waals surface area contributed by atoms with Crippen molar-refractivity contribution in [1.29, 1.82) is 0 Å². The molecule has 1 saturated carbocycles. The third-order valence-electron chi connectivity index (χ3n) is 5.81. The lowest BCUT2D eigenvalue weighted by Crippen LogP contribution is -2.39. The summed E-state index contributed by atoms with van der Waals surface area (Å²) in [6.07, 6.45) is 5.84. The fraction of sp³-hybridized carbons (Fsp3) is 0.696. The van der Waals surface area contributed by atoms with E-state index in [4.69, 9.17) is 9.47 Å². The van der Waals surface area contributed by atoms with Crippen molar-refractivity contribution in [3.8, 4) is 5.75 Å². The predicted octanol–water partition coefficient (Wildman–Crippen LogP) is 5.57. The Morgan fingerprint density at radius 2 is 1.81 bits per heavy atom. The second kappa shape index (κ2) is 8.12. The molecule has 1 aliphatic carbocycles. The number of hydrogen-bond donors (Lipinski definition) is 0. The van der Waals surface area contributed by atoms with Crippen molar-refractivity contribution in [2.75, 3.05) is 6.54 Å². The van der Waals surface area contributed by atoms with Gasteiger partial charge in [-0.2, -0.15) is 0 Å². The van der Waals surface area contributed by atoms with Crippen LogP contribution in [0, 0.1) is 11.8 Å². The van der Waals surface area contributed by atoms with Crippen LogP contribution in [0.3, 0.4) is 0 Å². The highest BCUT2D eigenvalue weighted by atomic mass is 16.6. The summed E-state index contributed by atoms with van der Waals surface area (Å²) >= 11 is 0. The van der Waals surface area contributed by atoms with Crippen molar-refractivity contribution in [1.82, 2.24) is 4.90 Å². The largest absolute Gasteiger partial charge is 0.490 e. The molecule has 1 aromatic carbocycles. The first-order valence-electron chi connectivity index (χ1n) is 10.5. The van der Waals surface area contributed by atoms with E-state index in [1.807, 2.05) is 20.8 Å². The minimum absolute atomic E-state index is 0.226. The fourth-order valence-corrected chi connectivity index (χ4v) is 4.15. The van der Waals surface area contributed by atoms with Gasteiger partial charge in [-0.1, -0.05) is 19.9 Å². The lowest BCUT2D eigenvalue weighted by atomic mass is 9.80. The van der Waals surface area contributed by atoms with Gasteiger partial charge >= 0.3 is 6.09 Å². The average molecular weight is 374 g/mol. The van der Waals surface area contributed by atoms with Crippen molar-refractivity contribution >= 4 is 6.09 Å². The molecule has 1 aromatic rings. The highest BCUT2D eigenvalue weighted by Crippen LogP contribution is 2.33. The zero-order chi connectivity index (χ0) is 19.6. The third kappa shape index (κ3) is 5.40. The molecule has 0 bridgehead atoms. The predicted molar refractivity (Wildman–Crippen MR) is 108 cm³/mol. The minimum Gasteiger partial charge on any atom is -0.490 e. The summed E-state index contributed by atoms with van der Waals surface area (Å²) in [6.45, 7) is 11.7. The Hall–Kier alpha value is -1.71. The van der Waals surface area contributed by atoms with Crippen molar-refractivity contribution in [2.45, 2.75) is 85.0 Å². The molecule has 0 N–H and O–H groups in total. The third-order valence-corrected chi connectivity index (χ3v) is 5.81. The first-order valence-corrected chi connectivity index (χ1v) is 10.5. The number of benzene rings is 1. The van der Waals surface area contributed by atoms with E-state index in [-0.39, 0.29) is 6.09 Å². The van der Waals surface area contributed by atoms with Crippen LogP contribution in [0.5, 0.6) is 5.75 Å². The first-order chi connectivity index (χ1) is 12.7. The van der Waals surface area contributed by atoms with Crippen LogP contribution in [0.1, 0.15) is 71.4 Å². The van der Waals surface area contributed by atoms with Gasteiger partial charge in [0, 0.05) is 13.1 Å². The molecule has 0 spiro atoms. The highest BCUT2D eigenvalue weighted by Gasteiger charge is 2.27. The van der Waals surface area contributed by atoms with Gasteiger partial charge in [0.2, 0.25) is 0 Å². The van der Waals surface area contributed by atoms with Gasteiger partial charge in [0.25, 0.3) is 0 Å². The van der Waals surface area contributed by atoms with Crippen LogP contribution in [0.2, 0.25) is 0 Å². The molecule has 3 rings (SSSR count). The molecular weight excluding hydrogens is 338 g/mol. The number of rotatable bonds is 3. The molecule has 1 aliphatic heterocycles. The molecule has 27 heavy (non-hydrogen) atoms. The summed E-state index contributed by atoms with van der Waals surface area (Å²) < 4.78 is 11.8. The smallest absolute Gasteiger partial charge is 0.410 e.